The third-order valence-corrected chi connectivity index (χ3v) is 3.53. The number of carbonyl (C=O) groups excluding carboxylic acids is 2. The fraction of sp³-hybridized carbons (Fsp3) is 0.300. The number of nitrogens with one attached hydrogen (secondary N) is 1. The van der Waals surface area contributed by atoms with E-state index in [0.29, 0.717) is 17.9 Å². The number of carbonyl (C=O) groups is 2. The van der Waals surface area contributed by atoms with Crippen molar-refractivity contribution >= 4 is 17.6 Å². The van der Waals surface area contributed by atoms with Crippen LogP contribution in [0.5, 0.6) is 5.75 Å². The van der Waals surface area contributed by atoms with Crippen LogP contribution in [0.3, 0.4) is 0 Å². The van der Waals surface area contributed by atoms with Crippen LogP contribution in [0.15, 0.2) is 48.5 Å². The van der Waals surface area contributed by atoms with Crippen LogP contribution in [-0.4, -0.2) is 25.1 Å². The molecule has 0 aliphatic heterocycles. The van der Waals surface area contributed by atoms with Gasteiger partial charge in [-0.05, 0) is 49.7 Å². The van der Waals surface area contributed by atoms with Crippen molar-refractivity contribution in [2.45, 2.75) is 26.7 Å². The number of aryl methyl sites for hydroxylation is 1. The zero-order valence-corrected chi connectivity index (χ0v) is 14.6. The molecule has 0 aliphatic rings. The topological polar surface area (TPSA) is 64.6 Å². The summed E-state index contributed by atoms with van der Waals surface area (Å²) in [5.41, 5.74) is 2.32. The lowest BCUT2D eigenvalue weighted by Crippen LogP contribution is -2.20. The summed E-state index contributed by atoms with van der Waals surface area (Å²) in [6.45, 7) is 4.34. The van der Waals surface area contributed by atoms with Crippen molar-refractivity contribution in [1.29, 1.82) is 0 Å². The van der Waals surface area contributed by atoms with Crippen LogP contribution in [0.1, 0.15) is 35.7 Å². The zero-order chi connectivity index (χ0) is 18.1. The molecule has 0 saturated carbocycles. The zero-order valence-electron chi connectivity index (χ0n) is 14.6. The van der Waals surface area contributed by atoms with Crippen molar-refractivity contribution in [3.8, 4) is 5.75 Å². The highest BCUT2D eigenvalue weighted by Gasteiger charge is 2.08. The summed E-state index contributed by atoms with van der Waals surface area (Å²) in [4.78, 5) is 23.7. The average molecular weight is 341 g/mol. The monoisotopic (exact) mass is 341 g/mol. The van der Waals surface area contributed by atoms with Crippen LogP contribution in [0.2, 0.25) is 0 Å². The second-order valence-corrected chi connectivity index (χ2v) is 5.72. The Hall–Kier alpha value is -2.82. The summed E-state index contributed by atoms with van der Waals surface area (Å²) in [7, 11) is 0. The van der Waals surface area contributed by atoms with E-state index >= 15 is 0 Å². The maximum absolute atomic E-state index is 11.9. The van der Waals surface area contributed by atoms with Gasteiger partial charge in [-0.2, -0.15) is 0 Å². The Morgan fingerprint density at radius 2 is 1.68 bits per heavy atom. The van der Waals surface area contributed by atoms with Crippen molar-refractivity contribution < 1.29 is 19.1 Å². The normalized spacial score (nSPS) is 10.2. The van der Waals surface area contributed by atoms with Gasteiger partial charge in [-0.1, -0.05) is 31.0 Å². The van der Waals surface area contributed by atoms with Crippen LogP contribution in [0, 0.1) is 6.92 Å². The molecule has 0 heterocycles. The lowest BCUT2D eigenvalue weighted by Gasteiger charge is -2.08. The van der Waals surface area contributed by atoms with Crippen LogP contribution >= 0.6 is 0 Å². The van der Waals surface area contributed by atoms with E-state index in [0.717, 1.165) is 24.1 Å². The van der Waals surface area contributed by atoms with Gasteiger partial charge in [-0.3, -0.25) is 4.79 Å². The largest absolute Gasteiger partial charge is 0.484 e. The van der Waals surface area contributed by atoms with Crippen molar-refractivity contribution in [3.05, 3.63) is 59.7 Å². The summed E-state index contributed by atoms with van der Waals surface area (Å²) >= 11 is 0. The minimum atomic E-state index is -0.350. The third-order valence-electron chi connectivity index (χ3n) is 3.53. The molecule has 0 bridgehead atoms. The minimum absolute atomic E-state index is 0.103. The van der Waals surface area contributed by atoms with E-state index in [2.05, 4.69) is 5.32 Å². The number of rotatable bonds is 8. The van der Waals surface area contributed by atoms with Gasteiger partial charge < -0.3 is 14.8 Å². The fourth-order valence-corrected chi connectivity index (χ4v) is 2.06. The Morgan fingerprint density at radius 1 is 1.00 bits per heavy atom. The van der Waals surface area contributed by atoms with Gasteiger partial charge in [0.15, 0.2) is 6.61 Å². The Kier molecular flexibility index (Phi) is 7.01. The molecule has 132 valence electrons. The second kappa shape index (κ2) is 9.47. The van der Waals surface area contributed by atoms with Gasteiger partial charge in [0.25, 0.3) is 5.91 Å². The predicted octanol–water partition coefficient (Wildman–Crippen LogP) is 3.97. The quantitative estimate of drug-likeness (QED) is 0.583. The number of anilines is 1. The molecule has 0 fully saturated rings. The van der Waals surface area contributed by atoms with Gasteiger partial charge in [0.05, 0.1) is 12.2 Å². The molecule has 0 spiro atoms. The highest BCUT2D eigenvalue weighted by atomic mass is 16.5. The molecule has 0 aromatic heterocycles. The molecule has 2 aromatic rings. The first-order valence-corrected chi connectivity index (χ1v) is 8.35. The van der Waals surface area contributed by atoms with Crippen molar-refractivity contribution in [1.82, 2.24) is 0 Å². The van der Waals surface area contributed by atoms with Crippen LogP contribution in [-0.2, 0) is 9.53 Å². The molecule has 2 aromatic carbocycles. The van der Waals surface area contributed by atoms with E-state index in [-0.39, 0.29) is 18.5 Å². The molecule has 1 amide bonds. The first-order valence-electron chi connectivity index (χ1n) is 8.35. The van der Waals surface area contributed by atoms with E-state index in [9.17, 15) is 9.59 Å². The van der Waals surface area contributed by atoms with Crippen molar-refractivity contribution in [2.24, 2.45) is 0 Å². The van der Waals surface area contributed by atoms with Crippen molar-refractivity contribution in [2.75, 3.05) is 18.5 Å². The maximum atomic E-state index is 11.9. The van der Waals surface area contributed by atoms with Gasteiger partial charge in [0, 0.05) is 5.69 Å². The molecule has 2 rings (SSSR count). The Morgan fingerprint density at radius 3 is 2.32 bits per heavy atom. The molecular weight excluding hydrogens is 318 g/mol. The summed E-state index contributed by atoms with van der Waals surface area (Å²) in [5, 5.41) is 2.76. The Bertz CT molecular complexity index is 693. The molecule has 0 aliphatic carbocycles. The van der Waals surface area contributed by atoms with Gasteiger partial charge in [0.2, 0.25) is 0 Å². The van der Waals surface area contributed by atoms with E-state index in [4.69, 9.17) is 9.47 Å². The first kappa shape index (κ1) is 18.5. The molecule has 25 heavy (non-hydrogen) atoms. The van der Waals surface area contributed by atoms with Gasteiger partial charge >= 0.3 is 5.97 Å². The molecule has 5 nitrogen and oxygen atoms in total. The van der Waals surface area contributed by atoms with Crippen LogP contribution < -0.4 is 10.1 Å². The summed E-state index contributed by atoms with van der Waals surface area (Å²) in [5.74, 6) is -0.0758. The number of esters is 1. The van der Waals surface area contributed by atoms with Crippen LogP contribution in [0.25, 0.3) is 0 Å². The van der Waals surface area contributed by atoms with E-state index in [1.807, 2.05) is 38.1 Å². The molecule has 1 N–H and O–H groups in total. The third kappa shape index (κ3) is 6.30. The van der Waals surface area contributed by atoms with E-state index in [1.54, 1.807) is 24.3 Å². The predicted molar refractivity (Wildman–Crippen MR) is 96.9 cm³/mol. The number of amides is 1. The second-order valence-electron chi connectivity index (χ2n) is 5.72. The van der Waals surface area contributed by atoms with Crippen LogP contribution in [0.4, 0.5) is 5.69 Å². The van der Waals surface area contributed by atoms with Crippen molar-refractivity contribution in [3.63, 3.8) is 0 Å². The number of hydrogen-bond donors (Lipinski definition) is 1. The number of benzene rings is 2. The van der Waals surface area contributed by atoms with Gasteiger partial charge in [-0.15, -0.1) is 0 Å². The SMILES string of the molecule is CCCCOC(=O)c1ccc(OCC(=O)Nc2ccc(C)cc2)cc1. The lowest BCUT2D eigenvalue weighted by atomic mass is 10.2. The maximum Gasteiger partial charge on any atom is 0.338 e. The standard InChI is InChI=1S/C20H23NO4/c1-3-4-13-24-20(23)16-7-11-18(12-8-16)25-14-19(22)21-17-9-5-15(2)6-10-17/h5-12H,3-4,13-14H2,1-2H3,(H,21,22). The summed E-state index contributed by atoms with van der Waals surface area (Å²) in [6.07, 6.45) is 1.83. The average Bonchev–Trinajstić information content (AvgIpc) is 2.62. The molecule has 0 saturated heterocycles. The highest BCUT2D eigenvalue weighted by molar-refractivity contribution is 5.92. The summed E-state index contributed by atoms with van der Waals surface area (Å²) in [6, 6.07) is 14.1. The Balaban J connectivity index is 1.79. The van der Waals surface area contributed by atoms with Gasteiger partial charge in [0.1, 0.15) is 5.75 Å². The van der Waals surface area contributed by atoms with E-state index < -0.39 is 0 Å². The molecular formula is C20H23NO4. The molecule has 0 radical (unpaired) electrons. The fourth-order valence-electron chi connectivity index (χ4n) is 2.06. The first-order chi connectivity index (χ1) is 12.1. The molecule has 0 atom stereocenters. The number of hydrogen-bond acceptors (Lipinski definition) is 4. The van der Waals surface area contributed by atoms with Gasteiger partial charge in [-0.25, -0.2) is 4.79 Å². The Labute approximate surface area is 148 Å². The molecule has 5 heteroatoms. The smallest absolute Gasteiger partial charge is 0.338 e. The van der Waals surface area contributed by atoms with E-state index in [1.165, 1.54) is 0 Å². The number of ether oxygens (including phenoxy) is 2. The minimum Gasteiger partial charge on any atom is -0.484 e. The lowest BCUT2D eigenvalue weighted by molar-refractivity contribution is -0.118. The number of unbranched alkanes of at least 4 members (excludes halogenated alkanes) is 1. The summed E-state index contributed by atoms with van der Waals surface area (Å²) < 4.78 is 10.6. The molecule has 0 unspecified atom stereocenters. The highest BCUT2D eigenvalue weighted by Crippen LogP contribution is 2.14.